The summed E-state index contributed by atoms with van der Waals surface area (Å²) < 4.78 is 120. The average molecular weight is 629 g/mol. The Bertz CT molecular complexity index is 1550. The SMILES string of the molecule is CC(C)(C)c1ccc(Sc2ccc(Oc3c(F)c(F)c(-c4c(F)c(F)c(O)c(F)c4F)c(F)c3F)cc2)cc1.CC(C)C. The third-order valence-electron chi connectivity index (χ3n) is 5.71. The number of phenolic OH excluding ortho intramolecular Hbond substituents is 1. The minimum absolute atomic E-state index is 0.0252. The van der Waals surface area contributed by atoms with Crippen LogP contribution in [0.1, 0.15) is 47.1 Å². The van der Waals surface area contributed by atoms with Gasteiger partial charge in [-0.2, -0.15) is 17.6 Å². The van der Waals surface area contributed by atoms with Crippen LogP contribution in [0.15, 0.2) is 58.3 Å². The fourth-order valence-corrected chi connectivity index (χ4v) is 4.43. The highest BCUT2D eigenvalue weighted by Gasteiger charge is 2.35. The molecule has 0 aliphatic rings. The fraction of sp³-hybridized carbons (Fsp3) is 0.250. The Labute approximate surface area is 248 Å². The summed E-state index contributed by atoms with van der Waals surface area (Å²) in [5.74, 6) is -22.0. The number of phenols is 1. The van der Waals surface area contributed by atoms with Gasteiger partial charge in [0.15, 0.2) is 29.0 Å². The lowest BCUT2D eigenvalue weighted by atomic mass is 9.87. The van der Waals surface area contributed by atoms with Gasteiger partial charge >= 0.3 is 0 Å². The minimum atomic E-state index is -2.46. The van der Waals surface area contributed by atoms with Gasteiger partial charge in [-0.15, -0.1) is 0 Å². The second kappa shape index (κ2) is 13.3. The number of ether oxygens (including phenoxy) is 1. The summed E-state index contributed by atoms with van der Waals surface area (Å²) in [7, 11) is 0. The van der Waals surface area contributed by atoms with Crippen molar-refractivity contribution in [1.29, 1.82) is 0 Å². The van der Waals surface area contributed by atoms with Crippen LogP contribution in [-0.4, -0.2) is 5.11 Å². The lowest BCUT2D eigenvalue weighted by Gasteiger charge is -2.19. The molecule has 0 radical (unpaired) electrons. The second-order valence-electron chi connectivity index (χ2n) is 11.1. The molecule has 0 spiro atoms. The summed E-state index contributed by atoms with van der Waals surface area (Å²) in [6.45, 7) is 12.7. The Morgan fingerprint density at radius 2 is 0.930 bits per heavy atom. The standard InChI is InChI=1S/C28H18F8O2S.C4H10/c1-28(2,3)12-4-8-14(9-5-12)39-15-10-6-13(7-11-15)38-27-24(35)20(31)17(21(32)25(27)36)16-18(29)22(33)26(37)23(34)19(16)30;1-4(2)3/h4-11,37H,1-3H3;4H,1-3H3. The van der Waals surface area contributed by atoms with E-state index in [1.54, 1.807) is 0 Å². The molecule has 0 amide bonds. The molecule has 0 atom stereocenters. The molecule has 43 heavy (non-hydrogen) atoms. The van der Waals surface area contributed by atoms with E-state index in [-0.39, 0.29) is 11.2 Å². The maximum Gasteiger partial charge on any atom is 0.205 e. The van der Waals surface area contributed by atoms with Crippen molar-refractivity contribution in [2.75, 3.05) is 0 Å². The van der Waals surface area contributed by atoms with E-state index in [4.69, 9.17) is 9.84 Å². The van der Waals surface area contributed by atoms with Gasteiger partial charge in [-0.3, -0.25) is 0 Å². The topological polar surface area (TPSA) is 29.5 Å². The minimum Gasteiger partial charge on any atom is -0.503 e. The smallest absolute Gasteiger partial charge is 0.205 e. The van der Waals surface area contributed by atoms with E-state index in [0.29, 0.717) is 4.90 Å². The van der Waals surface area contributed by atoms with Crippen molar-refractivity contribution < 1.29 is 45.0 Å². The van der Waals surface area contributed by atoms with E-state index in [9.17, 15) is 35.1 Å². The Balaban J connectivity index is 0.00000119. The summed E-state index contributed by atoms with van der Waals surface area (Å²) in [4.78, 5) is 1.59. The average Bonchev–Trinajstić information content (AvgIpc) is 2.94. The zero-order valence-corrected chi connectivity index (χ0v) is 24.8. The fourth-order valence-electron chi connectivity index (χ4n) is 3.61. The molecule has 0 saturated carbocycles. The normalized spacial score (nSPS) is 11.4. The van der Waals surface area contributed by atoms with Crippen molar-refractivity contribution in [3.8, 4) is 28.4 Å². The van der Waals surface area contributed by atoms with E-state index in [1.165, 1.54) is 36.0 Å². The molecule has 230 valence electrons. The van der Waals surface area contributed by atoms with Crippen LogP contribution in [0.4, 0.5) is 35.1 Å². The molecule has 4 aromatic carbocycles. The van der Waals surface area contributed by atoms with E-state index in [1.807, 2.05) is 24.3 Å². The van der Waals surface area contributed by atoms with Crippen LogP contribution in [0.25, 0.3) is 11.1 Å². The Hall–Kier alpha value is -3.73. The van der Waals surface area contributed by atoms with Crippen LogP contribution >= 0.6 is 11.8 Å². The molecular weight excluding hydrogens is 600 g/mol. The summed E-state index contributed by atoms with van der Waals surface area (Å²) in [5.41, 5.74) is -3.03. The van der Waals surface area contributed by atoms with Crippen molar-refractivity contribution in [1.82, 2.24) is 0 Å². The van der Waals surface area contributed by atoms with E-state index < -0.39 is 69.2 Å². The predicted octanol–water partition coefficient (Wildman–Crippen LogP) is 11.1. The lowest BCUT2D eigenvalue weighted by Crippen LogP contribution is -2.10. The van der Waals surface area contributed by atoms with Crippen molar-refractivity contribution in [2.45, 2.75) is 56.7 Å². The van der Waals surface area contributed by atoms with E-state index in [0.717, 1.165) is 16.4 Å². The van der Waals surface area contributed by atoms with Crippen molar-refractivity contribution in [3.63, 3.8) is 0 Å². The van der Waals surface area contributed by atoms with Crippen molar-refractivity contribution in [3.05, 3.63) is 101 Å². The summed E-state index contributed by atoms with van der Waals surface area (Å²) in [6.07, 6.45) is 0. The first-order valence-corrected chi connectivity index (χ1v) is 13.7. The second-order valence-corrected chi connectivity index (χ2v) is 12.3. The third-order valence-corrected chi connectivity index (χ3v) is 6.73. The van der Waals surface area contributed by atoms with E-state index in [2.05, 4.69) is 41.5 Å². The monoisotopic (exact) mass is 628 g/mol. The largest absolute Gasteiger partial charge is 0.503 e. The number of halogens is 8. The van der Waals surface area contributed by atoms with Gasteiger partial charge in [0.1, 0.15) is 5.75 Å². The van der Waals surface area contributed by atoms with Crippen LogP contribution < -0.4 is 4.74 Å². The molecule has 4 rings (SSSR count). The summed E-state index contributed by atoms with van der Waals surface area (Å²) in [6, 6.07) is 13.4. The van der Waals surface area contributed by atoms with Gasteiger partial charge in [-0.25, -0.2) is 17.6 Å². The highest BCUT2D eigenvalue weighted by molar-refractivity contribution is 7.99. The Morgan fingerprint density at radius 3 is 1.30 bits per heavy atom. The molecule has 2 nitrogen and oxygen atoms in total. The molecule has 0 heterocycles. The molecule has 0 unspecified atom stereocenters. The molecular formula is C32H28F8O2S. The lowest BCUT2D eigenvalue weighted by molar-refractivity contribution is 0.354. The van der Waals surface area contributed by atoms with Gasteiger partial charge in [0.2, 0.25) is 29.0 Å². The maximum absolute atomic E-state index is 14.7. The van der Waals surface area contributed by atoms with Crippen molar-refractivity contribution in [2.24, 2.45) is 5.92 Å². The number of hydrogen-bond acceptors (Lipinski definition) is 3. The number of aromatic hydroxyl groups is 1. The predicted molar refractivity (Wildman–Crippen MR) is 149 cm³/mol. The molecule has 0 aliphatic heterocycles. The van der Waals surface area contributed by atoms with Gasteiger partial charge in [0.05, 0.1) is 11.1 Å². The molecule has 4 aromatic rings. The zero-order valence-electron chi connectivity index (χ0n) is 24.0. The number of benzene rings is 4. The van der Waals surface area contributed by atoms with Crippen LogP contribution in [0.2, 0.25) is 0 Å². The zero-order chi connectivity index (χ0) is 32.4. The third kappa shape index (κ3) is 7.44. The molecule has 0 fully saturated rings. The van der Waals surface area contributed by atoms with Crippen LogP contribution in [-0.2, 0) is 5.41 Å². The number of hydrogen-bond donors (Lipinski definition) is 1. The summed E-state index contributed by atoms with van der Waals surface area (Å²) in [5, 5.41) is 9.05. The van der Waals surface area contributed by atoms with Gasteiger partial charge in [-0.1, -0.05) is 65.4 Å². The first kappa shape index (κ1) is 33.8. The maximum atomic E-state index is 14.7. The summed E-state index contributed by atoms with van der Waals surface area (Å²) >= 11 is 1.36. The van der Waals surface area contributed by atoms with Gasteiger partial charge in [-0.05, 0) is 53.3 Å². The first-order valence-electron chi connectivity index (χ1n) is 12.9. The quantitative estimate of drug-likeness (QED) is 0.176. The highest BCUT2D eigenvalue weighted by Crippen LogP contribution is 2.42. The van der Waals surface area contributed by atoms with Crippen LogP contribution in [0, 0.1) is 52.5 Å². The van der Waals surface area contributed by atoms with Crippen LogP contribution in [0.3, 0.4) is 0 Å². The molecule has 0 saturated heterocycles. The van der Waals surface area contributed by atoms with Gasteiger partial charge in [0.25, 0.3) is 0 Å². The first-order chi connectivity index (χ1) is 19.9. The van der Waals surface area contributed by atoms with Crippen molar-refractivity contribution >= 4 is 11.8 Å². The Kier molecular flexibility index (Phi) is 10.4. The molecule has 11 heteroatoms. The van der Waals surface area contributed by atoms with E-state index >= 15 is 0 Å². The Morgan fingerprint density at radius 1 is 0.581 bits per heavy atom. The van der Waals surface area contributed by atoms with Gasteiger partial charge in [0, 0.05) is 9.79 Å². The molecule has 0 aromatic heterocycles. The van der Waals surface area contributed by atoms with Crippen LogP contribution in [0.5, 0.6) is 17.2 Å². The molecule has 0 bridgehead atoms. The molecule has 1 N–H and O–H groups in total. The van der Waals surface area contributed by atoms with Gasteiger partial charge < -0.3 is 9.84 Å². The highest BCUT2D eigenvalue weighted by atomic mass is 32.2. The number of rotatable bonds is 5. The molecule has 0 aliphatic carbocycles.